The van der Waals surface area contributed by atoms with Crippen molar-refractivity contribution in [1.82, 2.24) is 0 Å². The van der Waals surface area contributed by atoms with Gasteiger partial charge in [0.1, 0.15) is 18.5 Å². The second-order valence-electron chi connectivity index (χ2n) is 3.11. The van der Waals surface area contributed by atoms with Crippen molar-refractivity contribution < 1.29 is 9.84 Å². The predicted molar refractivity (Wildman–Crippen MR) is 59.4 cm³/mol. The molecule has 14 heavy (non-hydrogen) atoms. The fourth-order valence-corrected chi connectivity index (χ4v) is 1.21. The van der Waals surface area contributed by atoms with Gasteiger partial charge in [-0.3, -0.25) is 0 Å². The Hall–Kier alpha value is -0.580. The Bertz CT molecular complexity index is 304. The standard InChI is InChI=1S/C10H14BrNO2/c1-7-4-9(2-3-10(7)11)14-6-8(13)5-12/h2-4,8,13H,5-6,12H2,1H3. The summed E-state index contributed by atoms with van der Waals surface area (Å²) >= 11 is 3.40. The minimum atomic E-state index is -0.598. The Labute approximate surface area is 92.0 Å². The highest BCUT2D eigenvalue weighted by Gasteiger charge is 2.03. The molecule has 0 bridgehead atoms. The predicted octanol–water partition coefficient (Wildman–Crippen LogP) is 1.46. The molecule has 4 heteroatoms. The first-order valence-electron chi connectivity index (χ1n) is 4.40. The molecule has 78 valence electrons. The van der Waals surface area contributed by atoms with Crippen molar-refractivity contribution in [1.29, 1.82) is 0 Å². The number of halogens is 1. The van der Waals surface area contributed by atoms with E-state index in [0.29, 0.717) is 0 Å². The molecule has 0 saturated heterocycles. The number of aliphatic hydroxyl groups excluding tert-OH is 1. The van der Waals surface area contributed by atoms with Crippen LogP contribution in [0.5, 0.6) is 5.75 Å². The van der Waals surface area contributed by atoms with E-state index < -0.39 is 6.10 Å². The van der Waals surface area contributed by atoms with Gasteiger partial charge in [-0.2, -0.15) is 0 Å². The van der Waals surface area contributed by atoms with Crippen LogP contribution in [0.1, 0.15) is 5.56 Å². The summed E-state index contributed by atoms with van der Waals surface area (Å²) in [5.74, 6) is 0.748. The fourth-order valence-electron chi connectivity index (χ4n) is 0.967. The summed E-state index contributed by atoms with van der Waals surface area (Å²) in [7, 11) is 0. The number of ether oxygens (including phenoxy) is 1. The lowest BCUT2D eigenvalue weighted by Gasteiger charge is -2.10. The lowest BCUT2D eigenvalue weighted by atomic mass is 10.2. The van der Waals surface area contributed by atoms with Crippen LogP contribution < -0.4 is 10.5 Å². The highest BCUT2D eigenvalue weighted by molar-refractivity contribution is 9.10. The molecule has 0 aliphatic rings. The minimum absolute atomic E-state index is 0.218. The van der Waals surface area contributed by atoms with Gasteiger partial charge in [-0.1, -0.05) is 15.9 Å². The summed E-state index contributed by atoms with van der Waals surface area (Å²) in [4.78, 5) is 0. The minimum Gasteiger partial charge on any atom is -0.491 e. The van der Waals surface area contributed by atoms with Crippen molar-refractivity contribution in [3.63, 3.8) is 0 Å². The Kier molecular flexibility index (Phi) is 4.38. The zero-order valence-electron chi connectivity index (χ0n) is 8.03. The number of benzene rings is 1. The average molecular weight is 260 g/mol. The number of aryl methyl sites for hydroxylation is 1. The quantitative estimate of drug-likeness (QED) is 0.861. The van der Waals surface area contributed by atoms with Gasteiger partial charge in [-0.15, -0.1) is 0 Å². The molecular formula is C10H14BrNO2. The molecule has 3 N–H and O–H groups in total. The van der Waals surface area contributed by atoms with Gasteiger partial charge in [0.15, 0.2) is 0 Å². The summed E-state index contributed by atoms with van der Waals surface area (Å²) in [5, 5.41) is 9.18. The molecule has 3 nitrogen and oxygen atoms in total. The SMILES string of the molecule is Cc1cc(OCC(O)CN)ccc1Br. The molecule has 1 atom stereocenters. The van der Waals surface area contributed by atoms with Crippen LogP contribution in [0.2, 0.25) is 0 Å². The Morgan fingerprint density at radius 2 is 2.29 bits per heavy atom. The van der Waals surface area contributed by atoms with Crippen molar-refractivity contribution in [3.05, 3.63) is 28.2 Å². The van der Waals surface area contributed by atoms with Gasteiger partial charge >= 0.3 is 0 Å². The van der Waals surface area contributed by atoms with Crippen LogP contribution in [-0.2, 0) is 0 Å². The molecule has 0 aliphatic carbocycles. The average Bonchev–Trinajstić information content (AvgIpc) is 2.19. The van der Waals surface area contributed by atoms with Crippen LogP contribution in [0.4, 0.5) is 0 Å². The Morgan fingerprint density at radius 1 is 1.57 bits per heavy atom. The van der Waals surface area contributed by atoms with Gasteiger partial charge in [-0.25, -0.2) is 0 Å². The van der Waals surface area contributed by atoms with Crippen molar-refractivity contribution in [3.8, 4) is 5.75 Å². The van der Waals surface area contributed by atoms with Gasteiger partial charge in [0.25, 0.3) is 0 Å². The van der Waals surface area contributed by atoms with E-state index in [9.17, 15) is 5.11 Å². The highest BCUT2D eigenvalue weighted by atomic mass is 79.9. The first-order valence-corrected chi connectivity index (χ1v) is 5.20. The highest BCUT2D eigenvalue weighted by Crippen LogP contribution is 2.21. The maximum atomic E-state index is 9.18. The molecule has 0 aromatic heterocycles. The Balaban J connectivity index is 2.55. The smallest absolute Gasteiger partial charge is 0.119 e. The molecule has 1 rings (SSSR count). The van der Waals surface area contributed by atoms with Gasteiger partial charge < -0.3 is 15.6 Å². The maximum absolute atomic E-state index is 9.18. The molecular weight excluding hydrogens is 246 g/mol. The van der Waals surface area contributed by atoms with Crippen LogP contribution in [0.3, 0.4) is 0 Å². The lowest BCUT2D eigenvalue weighted by molar-refractivity contribution is 0.114. The van der Waals surface area contributed by atoms with Gasteiger partial charge in [0, 0.05) is 11.0 Å². The van der Waals surface area contributed by atoms with Crippen LogP contribution in [0.15, 0.2) is 22.7 Å². The third-order valence-electron chi connectivity index (χ3n) is 1.84. The molecule has 0 spiro atoms. The van der Waals surface area contributed by atoms with E-state index >= 15 is 0 Å². The second kappa shape index (κ2) is 5.34. The lowest BCUT2D eigenvalue weighted by Crippen LogP contribution is -2.26. The Morgan fingerprint density at radius 3 is 2.86 bits per heavy atom. The summed E-state index contributed by atoms with van der Waals surface area (Å²) in [6.45, 7) is 2.43. The number of hydrogen-bond donors (Lipinski definition) is 2. The molecule has 0 fully saturated rings. The third kappa shape index (κ3) is 3.29. The zero-order valence-corrected chi connectivity index (χ0v) is 9.62. The summed E-state index contributed by atoms with van der Waals surface area (Å²) in [6.07, 6.45) is -0.598. The van der Waals surface area contributed by atoms with Crippen LogP contribution in [0, 0.1) is 6.92 Å². The summed E-state index contributed by atoms with van der Waals surface area (Å²) < 4.78 is 6.39. The molecule has 1 unspecified atom stereocenters. The van der Waals surface area contributed by atoms with Gasteiger partial charge in [0.2, 0.25) is 0 Å². The molecule has 0 radical (unpaired) electrons. The van der Waals surface area contributed by atoms with Crippen molar-refractivity contribution in [2.24, 2.45) is 5.73 Å². The number of nitrogens with two attached hydrogens (primary N) is 1. The van der Waals surface area contributed by atoms with E-state index in [1.165, 1.54) is 0 Å². The molecule has 0 aliphatic heterocycles. The topological polar surface area (TPSA) is 55.5 Å². The first-order chi connectivity index (χ1) is 6.63. The first kappa shape index (κ1) is 11.5. The van der Waals surface area contributed by atoms with Crippen LogP contribution in [0.25, 0.3) is 0 Å². The molecule has 0 amide bonds. The molecule has 1 aromatic rings. The summed E-state index contributed by atoms with van der Waals surface area (Å²) in [5.41, 5.74) is 6.35. The van der Waals surface area contributed by atoms with E-state index in [0.717, 1.165) is 15.8 Å². The van der Waals surface area contributed by atoms with E-state index in [2.05, 4.69) is 15.9 Å². The number of rotatable bonds is 4. The van der Waals surface area contributed by atoms with E-state index in [1.54, 1.807) is 0 Å². The number of hydrogen-bond acceptors (Lipinski definition) is 3. The molecule has 0 saturated carbocycles. The molecule has 1 aromatic carbocycles. The maximum Gasteiger partial charge on any atom is 0.119 e. The normalized spacial score (nSPS) is 12.6. The van der Waals surface area contributed by atoms with E-state index in [1.807, 2.05) is 25.1 Å². The van der Waals surface area contributed by atoms with Crippen molar-refractivity contribution >= 4 is 15.9 Å². The molecule has 0 heterocycles. The monoisotopic (exact) mass is 259 g/mol. The largest absolute Gasteiger partial charge is 0.491 e. The van der Waals surface area contributed by atoms with Gasteiger partial charge in [-0.05, 0) is 30.7 Å². The summed E-state index contributed by atoms with van der Waals surface area (Å²) in [6, 6.07) is 5.67. The van der Waals surface area contributed by atoms with E-state index in [4.69, 9.17) is 10.5 Å². The van der Waals surface area contributed by atoms with Crippen molar-refractivity contribution in [2.75, 3.05) is 13.2 Å². The van der Waals surface area contributed by atoms with E-state index in [-0.39, 0.29) is 13.2 Å². The fraction of sp³-hybridized carbons (Fsp3) is 0.400. The van der Waals surface area contributed by atoms with Crippen molar-refractivity contribution in [2.45, 2.75) is 13.0 Å². The second-order valence-corrected chi connectivity index (χ2v) is 3.97. The number of aliphatic hydroxyl groups is 1. The van der Waals surface area contributed by atoms with Crippen LogP contribution >= 0.6 is 15.9 Å². The zero-order chi connectivity index (χ0) is 10.6. The van der Waals surface area contributed by atoms with Crippen LogP contribution in [-0.4, -0.2) is 24.4 Å². The van der Waals surface area contributed by atoms with Gasteiger partial charge in [0.05, 0.1) is 0 Å². The third-order valence-corrected chi connectivity index (χ3v) is 2.73.